The minimum absolute atomic E-state index is 0.0465. The number of nitrogens with two attached hydrogens (primary N) is 1. The molecular formula is C33H51FN2O5. The summed E-state index contributed by atoms with van der Waals surface area (Å²) in [6.45, 7) is 9.92. The summed E-state index contributed by atoms with van der Waals surface area (Å²) in [4.78, 5) is 13.0. The van der Waals surface area contributed by atoms with E-state index in [9.17, 15) is 14.3 Å². The van der Waals surface area contributed by atoms with E-state index in [1.54, 1.807) is 26.4 Å². The summed E-state index contributed by atoms with van der Waals surface area (Å²) in [5.41, 5.74) is 8.62. The van der Waals surface area contributed by atoms with Crippen molar-refractivity contribution in [2.45, 2.75) is 71.9 Å². The van der Waals surface area contributed by atoms with Crippen LogP contribution < -0.4 is 20.5 Å². The third-order valence-corrected chi connectivity index (χ3v) is 7.75. The van der Waals surface area contributed by atoms with Gasteiger partial charge in [-0.15, -0.1) is 0 Å². The molecule has 0 aliphatic heterocycles. The molecule has 0 aliphatic rings. The fourth-order valence-corrected chi connectivity index (χ4v) is 4.98. The van der Waals surface area contributed by atoms with Crippen LogP contribution in [0.1, 0.15) is 58.1 Å². The Balaban J connectivity index is 1.97. The number of hydrogen-bond acceptors (Lipinski definition) is 6. The maximum Gasteiger partial charge on any atom is 0.223 e. The number of benzene rings is 2. The molecule has 0 radical (unpaired) electrons. The van der Waals surface area contributed by atoms with E-state index < -0.39 is 12.1 Å². The molecule has 0 heterocycles. The smallest absolute Gasteiger partial charge is 0.223 e. The summed E-state index contributed by atoms with van der Waals surface area (Å²) in [5, 5.41) is 14.1. The molecule has 0 saturated carbocycles. The van der Waals surface area contributed by atoms with Gasteiger partial charge >= 0.3 is 0 Å². The molecule has 230 valence electrons. The number of hydrogen-bond donors (Lipinski definition) is 3. The average molecular weight is 575 g/mol. The number of aliphatic hydroxyl groups is 1. The summed E-state index contributed by atoms with van der Waals surface area (Å²) in [6.07, 6.45) is 2.31. The number of nitrogens with one attached hydrogen (secondary N) is 1. The molecule has 2 rings (SSSR count). The largest absolute Gasteiger partial charge is 0.493 e. The SMILES string of the molecule is COCCCOc1cc(C[C@@H](C[C@H](N)C(O)C[C@H](C(=O)NCCc2ccc(F)cc2)C(C)C)C(C)C)ccc1OC. The van der Waals surface area contributed by atoms with Crippen molar-refractivity contribution in [1.29, 1.82) is 0 Å². The third kappa shape index (κ3) is 12.0. The van der Waals surface area contributed by atoms with Crippen molar-refractivity contribution in [2.75, 3.05) is 34.0 Å². The Labute approximate surface area is 246 Å². The summed E-state index contributed by atoms with van der Waals surface area (Å²) in [6, 6.07) is 11.8. The van der Waals surface area contributed by atoms with E-state index in [2.05, 4.69) is 19.2 Å². The van der Waals surface area contributed by atoms with Crippen LogP contribution in [0.5, 0.6) is 11.5 Å². The first-order valence-electron chi connectivity index (χ1n) is 14.8. The van der Waals surface area contributed by atoms with Crippen LogP contribution in [0.25, 0.3) is 0 Å². The van der Waals surface area contributed by atoms with Gasteiger partial charge in [-0.1, -0.05) is 45.9 Å². The lowest BCUT2D eigenvalue weighted by Crippen LogP contribution is -2.43. The summed E-state index contributed by atoms with van der Waals surface area (Å²) in [5.74, 6) is 1.29. The summed E-state index contributed by atoms with van der Waals surface area (Å²) < 4.78 is 29.7. The monoisotopic (exact) mass is 574 g/mol. The Kier molecular flexibility index (Phi) is 15.1. The van der Waals surface area contributed by atoms with Gasteiger partial charge in [0.2, 0.25) is 5.91 Å². The zero-order valence-corrected chi connectivity index (χ0v) is 25.7. The minimum atomic E-state index is -0.804. The number of carbonyl (C=O) groups is 1. The molecule has 0 aliphatic carbocycles. The van der Waals surface area contributed by atoms with Crippen LogP contribution in [0.2, 0.25) is 0 Å². The highest BCUT2D eigenvalue weighted by molar-refractivity contribution is 5.78. The fourth-order valence-electron chi connectivity index (χ4n) is 4.98. The molecule has 0 fully saturated rings. The van der Waals surface area contributed by atoms with Crippen LogP contribution in [-0.2, 0) is 22.4 Å². The number of amides is 1. The summed E-state index contributed by atoms with van der Waals surface area (Å²) in [7, 11) is 3.30. The van der Waals surface area contributed by atoms with Crippen molar-refractivity contribution in [3.8, 4) is 11.5 Å². The van der Waals surface area contributed by atoms with Gasteiger partial charge in [-0.3, -0.25) is 4.79 Å². The van der Waals surface area contributed by atoms with Crippen molar-refractivity contribution in [3.05, 3.63) is 59.4 Å². The van der Waals surface area contributed by atoms with Crippen LogP contribution in [-0.4, -0.2) is 57.1 Å². The van der Waals surface area contributed by atoms with Crippen LogP contribution in [0.4, 0.5) is 4.39 Å². The number of carbonyl (C=O) groups excluding carboxylic acids is 1. The number of halogens is 1. The first-order chi connectivity index (χ1) is 19.5. The van der Waals surface area contributed by atoms with Gasteiger partial charge < -0.3 is 30.4 Å². The lowest BCUT2D eigenvalue weighted by atomic mass is 9.81. The van der Waals surface area contributed by atoms with E-state index in [0.29, 0.717) is 56.4 Å². The van der Waals surface area contributed by atoms with Crippen molar-refractivity contribution in [1.82, 2.24) is 5.32 Å². The van der Waals surface area contributed by atoms with E-state index in [4.69, 9.17) is 19.9 Å². The second-order valence-electron chi connectivity index (χ2n) is 11.6. The van der Waals surface area contributed by atoms with Crippen LogP contribution >= 0.6 is 0 Å². The van der Waals surface area contributed by atoms with Gasteiger partial charge in [0.1, 0.15) is 5.82 Å². The van der Waals surface area contributed by atoms with Crippen molar-refractivity contribution in [2.24, 2.45) is 29.4 Å². The molecule has 1 unspecified atom stereocenters. The predicted molar refractivity (Wildman–Crippen MR) is 162 cm³/mol. The molecule has 0 bridgehead atoms. The Morgan fingerprint density at radius 3 is 2.24 bits per heavy atom. The Bertz CT molecular complexity index is 1030. The van der Waals surface area contributed by atoms with Gasteiger partial charge in [-0.2, -0.15) is 0 Å². The zero-order chi connectivity index (χ0) is 30.4. The van der Waals surface area contributed by atoms with Gasteiger partial charge in [0.05, 0.1) is 19.8 Å². The second-order valence-corrected chi connectivity index (χ2v) is 11.6. The molecule has 1 amide bonds. The number of methoxy groups -OCH3 is 2. The molecule has 8 heteroatoms. The lowest BCUT2D eigenvalue weighted by molar-refractivity contribution is -0.127. The molecule has 7 nitrogen and oxygen atoms in total. The first-order valence-corrected chi connectivity index (χ1v) is 14.8. The van der Waals surface area contributed by atoms with E-state index >= 15 is 0 Å². The quantitative estimate of drug-likeness (QED) is 0.200. The van der Waals surface area contributed by atoms with E-state index in [0.717, 1.165) is 24.0 Å². The van der Waals surface area contributed by atoms with E-state index in [1.807, 2.05) is 32.0 Å². The maximum atomic E-state index is 13.1. The molecule has 4 N–H and O–H groups in total. The second kappa shape index (κ2) is 18.0. The number of aliphatic hydroxyl groups excluding tert-OH is 1. The molecule has 0 spiro atoms. The van der Waals surface area contributed by atoms with Crippen molar-refractivity contribution in [3.63, 3.8) is 0 Å². The maximum absolute atomic E-state index is 13.1. The molecule has 0 aromatic heterocycles. The Morgan fingerprint density at radius 2 is 1.63 bits per heavy atom. The fraction of sp³-hybridized carbons (Fsp3) is 0.606. The van der Waals surface area contributed by atoms with Gasteiger partial charge in [-0.05, 0) is 78.8 Å². The zero-order valence-electron chi connectivity index (χ0n) is 25.7. The van der Waals surface area contributed by atoms with Crippen LogP contribution in [0, 0.1) is 29.5 Å². The number of ether oxygens (including phenoxy) is 3. The van der Waals surface area contributed by atoms with Gasteiger partial charge in [-0.25, -0.2) is 4.39 Å². The standard InChI is InChI=1S/C33H51FN2O5/c1-22(2)26(18-25-10-13-31(40-6)32(19-25)41-17-7-16-39-5)20-29(35)30(37)21-28(23(3)4)33(38)36-15-14-24-8-11-27(34)12-9-24/h8-13,19,22-23,26,28-30,37H,7,14-18,20-21,35H2,1-6H3,(H,36,38)/t26-,28-,29-,30?/m0/s1. The van der Waals surface area contributed by atoms with Gasteiger partial charge in [0.15, 0.2) is 11.5 Å². The van der Waals surface area contributed by atoms with Gasteiger partial charge in [0.25, 0.3) is 0 Å². The van der Waals surface area contributed by atoms with E-state index in [-0.39, 0.29) is 29.5 Å². The topological polar surface area (TPSA) is 103 Å². The van der Waals surface area contributed by atoms with E-state index in [1.165, 1.54) is 12.1 Å². The molecule has 2 aromatic carbocycles. The third-order valence-electron chi connectivity index (χ3n) is 7.75. The molecule has 4 atom stereocenters. The van der Waals surface area contributed by atoms with Crippen LogP contribution in [0.3, 0.4) is 0 Å². The van der Waals surface area contributed by atoms with Gasteiger partial charge in [0, 0.05) is 38.6 Å². The summed E-state index contributed by atoms with van der Waals surface area (Å²) >= 11 is 0. The highest BCUT2D eigenvalue weighted by Gasteiger charge is 2.29. The normalized spacial score (nSPS) is 14.5. The average Bonchev–Trinajstić information content (AvgIpc) is 2.94. The minimum Gasteiger partial charge on any atom is -0.493 e. The Hall–Kier alpha value is -2.68. The highest BCUT2D eigenvalue weighted by atomic mass is 19.1. The Morgan fingerprint density at radius 1 is 0.951 bits per heavy atom. The molecule has 2 aromatic rings. The van der Waals surface area contributed by atoms with Crippen LogP contribution in [0.15, 0.2) is 42.5 Å². The number of rotatable bonds is 19. The van der Waals surface area contributed by atoms with Crippen molar-refractivity contribution < 1.29 is 28.5 Å². The molecular weight excluding hydrogens is 523 g/mol. The molecule has 41 heavy (non-hydrogen) atoms. The van der Waals surface area contributed by atoms with Crippen molar-refractivity contribution >= 4 is 5.91 Å². The molecule has 0 saturated heterocycles. The highest BCUT2D eigenvalue weighted by Crippen LogP contribution is 2.31. The first kappa shape index (κ1) is 34.5. The lowest BCUT2D eigenvalue weighted by Gasteiger charge is -2.30. The predicted octanol–water partition coefficient (Wildman–Crippen LogP) is 5.16.